The zero-order valence-corrected chi connectivity index (χ0v) is 13.4. The molecule has 2 atom stereocenters. The maximum absolute atomic E-state index is 12.3. The molecule has 22 heavy (non-hydrogen) atoms. The van der Waals surface area contributed by atoms with Gasteiger partial charge in [-0.3, -0.25) is 0 Å². The summed E-state index contributed by atoms with van der Waals surface area (Å²) < 4.78 is 9.84. The van der Waals surface area contributed by atoms with Gasteiger partial charge in [0.25, 0.3) is 0 Å². The van der Waals surface area contributed by atoms with E-state index in [1.807, 2.05) is 50.1 Å². The van der Waals surface area contributed by atoms with Gasteiger partial charge in [-0.05, 0) is 25.5 Å². The van der Waals surface area contributed by atoms with Gasteiger partial charge in [-0.15, -0.1) is 0 Å². The van der Waals surface area contributed by atoms with Crippen molar-refractivity contribution >= 4 is 17.6 Å². The zero-order valence-electron chi connectivity index (χ0n) is 13.4. The Labute approximate surface area is 129 Å². The highest BCUT2D eigenvalue weighted by atomic mass is 16.5. The fourth-order valence-electron chi connectivity index (χ4n) is 4.07. The molecule has 116 valence electrons. The van der Waals surface area contributed by atoms with Gasteiger partial charge in [0.15, 0.2) is 0 Å². The summed E-state index contributed by atoms with van der Waals surface area (Å²) in [4.78, 5) is 26.7. The lowest BCUT2D eigenvalue weighted by molar-refractivity contribution is -0.142. The van der Waals surface area contributed by atoms with E-state index >= 15 is 0 Å². The molecule has 0 amide bonds. The largest absolute Gasteiger partial charge is 0.466 e. The number of hydrogen-bond acceptors (Lipinski definition) is 5. The number of carbonyl (C=O) groups excluding carboxylic acids is 2. The lowest BCUT2D eigenvalue weighted by Gasteiger charge is -2.55. The molecule has 2 aliphatic rings. The van der Waals surface area contributed by atoms with Gasteiger partial charge in [-0.25, -0.2) is 9.59 Å². The van der Waals surface area contributed by atoms with Crippen molar-refractivity contribution in [3.05, 3.63) is 41.0 Å². The number of carbonyl (C=O) groups is 2. The monoisotopic (exact) mass is 301 g/mol. The predicted molar refractivity (Wildman–Crippen MR) is 81.7 cm³/mol. The SMILES string of the molecule is COC(=O)C1=C(C(=O)OC)C2(C)N(C)c3ccccc3C12C. The molecule has 0 spiro atoms. The van der Waals surface area contributed by atoms with Gasteiger partial charge in [-0.2, -0.15) is 0 Å². The standard InChI is InChI=1S/C17H19NO4/c1-16-10-8-6-7-9-11(10)18(3)17(16,2)13(15(20)22-5)12(16)14(19)21-4/h6-9H,1-5H3. The van der Waals surface area contributed by atoms with Crippen LogP contribution in [0.5, 0.6) is 0 Å². The minimum Gasteiger partial charge on any atom is -0.466 e. The molecular formula is C17H19NO4. The molecule has 0 saturated carbocycles. The fraction of sp³-hybridized carbons (Fsp3) is 0.412. The number of likely N-dealkylation sites (N-methyl/N-ethyl adjacent to an activating group) is 1. The molecule has 0 radical (unpaired) electrons. The molecule has 1 aromatic rings. The Balaban J connectivity index is 2.32. The highest BCUT2D eigenvalue weighted by Gasteiger charge is 2.71. The minimum absolute atomic E-state index is 0.378. The summed E-state index contributed by atoms with van der Waals surface area (Å²) >= 11 is 0. The smallest absolute Gasteiger partial charge is 0.336 e. The second kappa shape index (κ2) is 4.35. The molecule has 2 unspecified atom stereocenters. The van der Waals surface area contributed by atoms with Gasteiger partial charge in [-0.1, -0.05) is 18.2 Å². The molecule has 5 nitrogen and oxygen atoms in total. The molecule has 1 aliphatic carbocycles. The van der Waals surface area contributed by atoms with Crippen molar-refractivity contribution in [2.75, 3.05) is 26.2 Å². The highest BCUT2D eigenvalue weighted by Crippen LogP contribution is 2.65. The van der Waals surface area contributed by atoms with Crippen LogP contribution in [0.3, 0.4) is 0 Å². The van der Waals surface area contributed by atoms with Crippen LogP contribution >= 0.6 is 0 Å². The zero-order chi connectivity index (χ0) is 16.3. The summed E-state index contributed by atoms with van der Waals surface area (Å²) in [7, 11) is 4.58. The first kappa shape index (κ1) is 14.6. The molecule has 0 bridgehead atoms. The summed E-state index contributed by atoms with van der Waals surface area (Å²) in [5.74, 6) is -0.967. The number of benzene rings is 1. The number of esters is 2. The van der Waals surface area contributed by atoms with Crippen molar-refractivity contribution in [2.24, 2.45) is 0 Å². The van der Waals surface area contributed by atoms with E-state index in [1.165, 1.54) is 14.2 Å². The number of nitrogens with zero attached hydrogens (tertiary/aromatic N) is 1. The van der Waals surface area contributed by atoms with Crippen LogP contribution in [0.2, 0.25) is 0 Å². The second-order valence-electron chi connectivity index (χ2n) is 6.01. The number of ether oxygens (including phenoxy) is 2. The molecule has 1 aromatic carbocycles. The topological polar surface area (TPSA) is 55.8 Å². The Bertz CT molecular complexity index is 723. The van der Waals surface area contributed by atoms with Gasteiger partial charge in [0, 0.05) is 12.7 Å². The van der Waals surface area contributed by atoms with Gasteiger partial charge < -0.3 is 14.4 Å². The number of methoxy groups -OCH3 is 2. The van der Waals surface area contributed by atoms with Crippen molar-refractivity contribution in [1.82, 2.24) is 0 Å². The quantitative estimate of drug-likeness (QED) is 0.780. The average molecular weight is 301 g/mol. The molecule has 0 N–H and O–H groups in total. The van der Waals surface area contributed by atoms with E-state index in [4.69, 9.17) is 9.47 Å². The van der Waals surface area contributed by atoms with E-state index in [-0.39, 0.29) is 0 Å². The highest BCUT2D eigenvalue weighted by molar-refractivity contribution is 6.11. The first-order valence-corrected chi connectivity index (χ1v) is 7.10. The van der Waals surface area contributed by atoms with E-state index in [0.717, 1.165) is 11.3 Å². The number of rotatable bonds is 2. The van der Waals surface area contributed by atoms with Crippen LogP contribution in [0.1, 0.15) is 19.4 Å². The van der Waals surface area contributed by atoms with Crippen molar-refractivity contribution in [3.63, 3.8) is 0 Å². The van der Waals surface area contributed by atoms with Crippen molar-refractivity contribution < 1.29 is 19.1 Å². The lowest BCUT2D eigenvalue weighted by atomic mass is 9.51. The number of fused-ring (bicyclic) bond motifs is 3. The number of anilines is 1. The molecule has 5 heteroatoms. The normalized spacial score (nSPS) is 28.7. The maximum atomic E-state index is 12.3. The molecule has 0 saturated heterocycles. The Morgan fingerprint density at radius 3 is 2.14 bits per heavy atom. The van der Waals surface area contributed by atoms with Gasteiger partial charge in [0.05, 0.1) is 36.3 Å². The van der Waals surface area contributed by atoms with Crippen molar-refractivity contribution in [3.8, 4) is 0 Å². The first-order valence-electron chi connectivity index (χ1n) is 7.10. The van der Waals surface area contributed by atoms with Crippen molar-refractivity contribution in [2.45, 2.75) is 24.8 Å². The third kappa shape index (κ3) is 1.30. The van der Waals surface area contributed by atoms with Crippen LogP contribution in [0.4, 0.5) is 5.69 Å². The molecular weight excluding hydrogens is 282 g/mol. The summed E-state index contributed by atoms with van der Waals surface area (Å²) in [5, 5.41) is 0. The Morgan fingerprint density at radius 2 is 1.55 bits per heavy atom. The minimum atomic E-state index is -0.632. The van der Waals surface area contributed by atoms with E-state index < -0.39 is 22.9 Å². The Kier molecular flexibility index (Phi) is 2.89. The molecule has 0 fully saturated rings. The molecule has 1 aliphatic heterocycles. The number of hydrogen-bond donors (Lipinski definition) is 0. The first-order chi connectivity index (χ1) is 10.4. The van der Waals surface area contributed by atoms with Crippen LogP contribution in [0.15, 0.2) is 35.4 Å². The maximum Gasteiger partial charge on any atom is 0.336 e. The van der Waals surface area contributed by atoms with E-state index in [1.54, 1.807) is 0 Å². The number of para-hydroxylation sites is 1. The lowest BCUT2D eigenvalue weighted by Crippen LogP contribution is -2.66. The average Bonchev–Trinajstić information content (AvgIpc) is 2.67. The van der Waals surface area contributed by atoms with Gasteiger partial charge in [0.1, 0.15) is 0 Å². The summed E-state index contributed by atoms with van der Waals surface area (Å²) in [6, 6.07) is 7.87. The fourth-order valence-corrected chi connectivity index (χ4v) is 4.07. The van der Waals surface area contributed by atoms with Crippen LogP contribution in [-0.2, 0) is 24.5 Å². The Hall–Kier alpha value is -2.30. The summed E-state index contributed by atoms with van der Waals surface area (Å²) in [6.45, 7) is 3.94. The van der Waals surface area contributed by atoms with E-state index in [0.29, 0.717) is 11.1 Å². The second-order valence-corrected chi connectivity index (χ2v) is 6.01. The van der Waals surface area contributed by atoms with Crippen LogP contribution in [0, 0.1) is 0 Å². The van der Waals surface area contributed by atoms with Gasteiger partial charge in [0.2, 0.25) is 0 Å². The van der Waals surface area contributed by atoms with Crippen LogP contribution in [-0.4, -0.2) is 38.7 Å². The summed E-state index contributed by atoms with van der Waals surface area (Å²) in [6.07, 6.45) is 0. The summed E-state index contributed by atoms with van der Waals surface area (Å²) in [5.41, 5.74) is 1.56. The predicted octanol–water partition coefficient (Wildman–Crippen LogP) is 1.81. The van der Waals surface area contributed by atoms with E-state index in [2.05, 4.69) is 0 Å². The van der Waals surface area contributed by atoms with Crippen LogP contribution < -0.4 is 4.90 Å². The Morgan fingerprint density at radius 1 is 1.00 bits per heavy atom. The van der Waals surface area contributed by atoms with Crippen molar-refractivity contribution in [1.29, 1.82) is 0 Å². The molecule has 0 aromatic heterocycles. The van der Waals surface area contributed by atoms with E-state index in [9.17, 15) is 9.59 Å². The molecule has 1 heterocycles. The third-order valence-electron chi connectivity index (χ3n) is 5.46. The molecule has 3 rings (SSSR count). The van der Waals surface area contributed by atoms with Gasteiger partial charge >= 0.3 is 11.9 Å². The van der Waals surface area contributed by atoms with Crippen LogP contribution in [0.25, 0.3) is 0 Å². The third-order valence-corrected chi connectivity index (χ3v) is 5.46.